The first-order chi connectivity index (χ1) is 12.0. The van der Waals surface area contributed by atoms with Crippen molar-refractivity contribution in [1.29, 1.82) is 0 Å². The highest BCUT2D eigenvalue weighted by atomic mass is 127. The van der Waals surface area contributed by atoms with Gasteiger partial charge in [0.05, 0.1) is 17.9 Å². The Morgan fingerprint density at radius 2 is 2.19 bits per heavy atom. The van der Waals surface area contributed by atoms with E-state index in [1.54, 1.807) is 25.5 Å². The van der Waals surface area contributed by atoms with Crippen LogP contribution in [0.2, 0.25) is 0 Å². The number of hydrogen-bond donors (Lipinski definition) is 1. The maximum Gasteiger partial charge on any atom is 0.193 e. The monoisotopic (exact) mass is 493 g/mol. The van der Waals surface area contributed by atoms with Crippen molar-refractivity contribution in [3.8, 4) is 0 Å². The third-order valence-corrected chi connectivity index (χ3v) is 5.14. The van der Waals surface area contributed by atoms with Gasteiger partial charge < -0.3 is 19.5 Å². The second-order valence-corrected chi connectivity index (χ2v) is 6.83. The van der Waals surface area contributed by atoms with E-state index in [1.165, 1.54) is 0 Å². The summed E-state index contributed by atoms with van der Waals surface area (Å²) in [4.78, 5) is 11.0. The molecule has 0 saturated carbocycles. The summed E-state index contributed by atoms with van der Waals surface area (Å²) in [5.74, 6) is 1.71. The number of aromatic nitrogens is 2. The van der Waals surface area contributed by atoms with Crippen LogP contribution >= 0.6 is 35.3 Å². The van der Waals surface area contributed by atoms with Crippen LogP contribution in [0.5, 0.6) is 0 Å². The van der Waals surface area contributed by atoms with Gasteiger partial charge in [0.15, 0.2) is 5.96 Å². The van der Waals surface area contributed by atoms with Crippen molar-refractivity contribution in [1.82, 2.24) is 20.4 Å². The van der Waals surface area contributed by atoms with Crippen molar-refractivity contribution >= 4 is 41.3 Å². The molecular weight excluding hydrogens is 465 g/mol. The Bertz CT molecular complexity index is 696. The number of guanidine groups is 1. The molecule has 0 aliphatic heterocycles. The molecule has 0 aromatic carbocycles. The van der Waals surface area contributed by atoms with E-state index in [2.05, 4.69) is 30.7 Å². The highest BCUT2D eigenvalue weighted by Crippen LogP contribution is 2.21. The van der Waals surface area contributed by atoms with Gasteiger partial charge in [0.25, 0.3) is 0 Å². The first kappa shape index (κ1) is 22.8. The van der Waals surface area contributed by atoms with Crippen molar-refractivity contribution in [3.63, 3.8) is 0 Å². The summed E-state index contributed by atoms with van der Waals surface area (Å²) in [7, 11) is 5.49. The second kappa shape index (κ2) is 10.8. The number of aliphatic imine (C=N–C) groups is 1. The Morgan fingerprint density at radius 3 is 2.77 bits per heavy atom. The minimum Gasteiger partial charge on any atom is -0.375 e. The molecule has 1 N–H and O–H groups in total. The molecule has 1 unspecified atom stereocenters. The number of nitrogens with one attached hydrogen (secondary N) is 1. The van der Waals surface area contributed by atoms with Gasteiger partial charge >= 0.3 is 0 Å². The third-order valence-electron chi connectivity index (χ3n) is 4.08. The van der Waals surface area contributed by atoms with Crippen LogP contribution in [-0.2, 0) is 17.7 Å². The van der Waals surface area contributed by atoms with E-state index < -0.39 is 0 Å². The van der Waals surface area contributed by atoms with Crippen molar-refractivity contribution < 1.29 is 9.26 Å². The van der Waals surface area contributed by atoms with Crippen LogP contribution in [0.15, 0.2) is 14.9 Å². The van der Waals surface area contributed by atoms with Gasteiger partial charge in [0, 0.05) is 38.7 Å². The molecule has 146 valence electrons. The number of thiazole rings is 1. The molecule has 0 radical (unpaired) electrons. The van der Waals surface area contributed by atoms with Crippen LogP contribution in [-0.4, -0.2) is 48.8 Å². The van der Waals surface area contributed by atoms with E-state index >= 15 is 0 Å². The smallest absolute Gasteiger partial charge is 0.193 e. The number of hydrogen-bond acceptors (Lipinski definition) is 6. The maximum absolute atomic E-state index is 5.32. The molecular formula is C17H28IN5O2S. The second-order valence-electron chi connectivity index (χ2n) is 5.94. The summed E-state index contributed by atoms with van der Waals surface area (Å²) in [5, 5.41) is 10.4. The van der Waals surface area contributed by atoms with Crippen molar-refractivity contribution in [2.24, 2.45) is 4.99 Å². The van der Waals surface area contributed by atoms with Gasteiger partial charge in [-0.25, -0.2) is 4.98 Å². The van der Waals surface area contributed by atoms with Crippen molar-refractivity contribution in [2.45, 2.75) is 39.8 Å². The zero-order valence-corrected chi connectivity index (χ0v) is 19.3. The average Bonchev–Trinajstić information content (AvgIpc) is 3.18. The van der Waals surface area contributed by atoms with Crippen LogP contribution in [0, 0.1) is 13.8 Å². The zero-order chi connectivity index (χ0) is 18.4. The Kier molecular flexibility index (Phi) is 9.51. The Balaban J connectivity index is 0.00000338. The molecule has 2 aromatic heterocycles. The molecule has 0 saturated heterocycles. The fourth-order valence-corrected chi connectivity index (χ4v) is 3.39. The molecule has 1 atom stereocenters. The molecule has 2 rings (SSSR count). The van der Waals surface area contributed by atoms with Crippen molar-refractivity contribution in [3.05, 3.63) is 33.1 Å². The Morgan fingerprint density at radius 1 is 1.46 bits per heavy atom. The third kappa shape index (κ3) is 5.92. The topological polar surface area (TPSA) is 75.8 Å². The quantitative estimate of drug-likeness (QED) is 0.363. The summed E-state index contributed by atoms with van der Waals surface area (Å²) in [6, 6.07) is 0. The minimum absolute atomic E-state index is 0. The maximum atomic E-state index is 5.32. The van der Waals surface area contributed by atoms with Crippen LogP contribution in [0.3, 0.4) is 0 Å². The molecule has 0 aliphatic rings. The zero-order valence-electron chi connectivity index (χ0n) is 16.2. The van der Waals surface area contributed by atoms with Crippen LogP contribution in [0.25, 0.3) is 0 Å². The SMILES string of the molecule is CN=C(NCCc1c(C)noc1C)N(C)Cc1csc(C(C)OC)n1.I. The lowest BCUT2D eigenvalue weighted by Crippen LogP contribution is -2.39. The normalized spacial score (nSPS) is 12.6. The molecule has 0 aliphatic carbocycles. The summed E-state index contributed by atoms with van der Waals surface area (Å²) in [5.41, 5.74) is 3.12. The number of methoxy groups -OCH3 is 1. The van der Waals surface area contributed by atoms with Crippen LogP contribution in [0.4, 0.5) is 0 Å². The highest BCUT2D eigenvalue weighted by molar-refractivity contribution is 14.0. The van der Waals surface area contributed by atoms with Gasteiger partial charge in [0.1, 0.15) is 16.9 Å². The van der Waals surface area contributed by atoms with Gasteiger partial charge in [-0.15, -0.1) is 35.3 Å². The molecule has 0 fully saturated rings. The fraction of sp³-hybridized carbons (Fsp3) is 0.588. The minimum atomic E-state index is 0. The molecule has 0 amide bonds. The average molecular weight is 493 g/mol. The summed E-state index contributed by atoms with van der Waals surface area (Å²) in [6.07, 6.45) is 0.872. The van der Waals surface area contributed by atoms with Gasteiger partial charge in [-0.1, -0.05) is 5.16 Å². The van der Waals surface area contributed by atoms with Gasteiger partial charge in [-0.3, -0.25) is 4.99 Å². The number of ether oxygens (including phenoxy) is 1. The van der Waals surface area contributed by atoms with E-state index in [-0.39, 0.29) is 30.1 Å². The van der Waals surface area contributed by atoms with Crippen molar-refractivity contribution in [2.75, 3.05) is 27.7 Å². The largest absolute Gasteiger partial charge is 0.375 e. The lowest BCUT2D eigenvalue weighted by Gasteiger charge is -2.21. The van der Waals surface area contributed by atoms with E-state index in [0.29, 0.717) is 6.54 Å². The number of nitrogens with zero attached hydrogens (tertiary/aromatic N) is 4. The van der Waals surface area contributed by atoms with Gasteiger partial charge in [0.2, 0.25) is 0 Å². The van der Waals surface area contributed by atoms with E-state index in [0.717, 1.165) is 46.6 Å². The summed E-state index contributed by atoms with van der Waals surface area (Å²) in [6.45, 7) is 7.37. The van der Waals surface area contributed by atoms with Gasteiger partial charge in [-0.05, 0) is 27.2 Å². The fourth-order valence-electron chi connectivity index (χ4n) is 2.54. The lowest BCUT2D eigenvalue weighted by molar-refractivity contribution is 0.119. The lowest BCUT2D eigenvalue weighted by atomic mass is 10.1. The van der Waals surface area contributed by atoms with Crippen LogP contribution < -0.4 is 5.32 Å². The van der Waals surface area contributed by atoms with E-state index in [9.17, 15) is 0 Å². The Labute approximate surface area is 176 Å². The molecule has 7 nitrogen and oxygen atoms in total. The molecule has 0 spiro atoms. The summed E-state index contributed by atoms with van der Waals surface area (Å²) >= 11 is 1.62. The first-order valence-corrected chi connectivity index (χ1v) is 9.14. The Hall–Kier alpha value is -1.20. The molecule has 26 heavy (non-hydrogen) atoms. The van der Waals surface area contributed by atoms with Gasteiger partial charge in [-0.2, -0.15) is 0 Å². The number of halogens is 1. The van der Waals surface area contributed by atoms with E-state index in [1.807, 2.05) is 27.8 Å². The number of rotatable bonds is 7. The molecule has 2 aromatic rings. The predicted octanol–water partition coefficient (Wildman–Crippen LogP) is 3.32. The summed E-state index contributed by atoms with van der Waals surface area (Å²) < 4.78 is 10.5. The highest BCUT2D eigenvalue weighted by Gasteiger charge is 2.13. The predicted molar refractivity (Wildman–Crippen MR) is 115 cm³/mol. The van der Waals surface area contributed by atoms with Crippen LogP contribution in [0.1, 0.15) is 40.7 Å². The molecule has 0 bridgehead atoms. The van der Waals surface area contributed by atoms with E-state index in [4.69, 9.17) is 9.26 Å². The first-order valence-electron chi connectivity index (χ1n) is 8.26. The molecule has 2 heterocycles. The molecule has 9 heteroatoms. The standard InChI is InChI=1S/C17H27N5O2S.HI/c1-11-15(12(2)24-21-11)7-8-19-17(18-4)22(5)9-14-10-25-16(20-14)13(3)23-6;/h10,13H,7-9H2,1-6H3,(H,18,19);1H. The number of aryl methyl sites for hydroxylation is 2.